The minimum Gasteiger partial charge on any atom is -0.460 e. The van der Waals surface area contributed by atoms with Gasteiger partial charge in [0.1, 0.15) is 11.8 Å². The average Bonchev–Trinajstić information content (AvgIpc) is 1.95. The third-order valence-corrected chi connectivity index (χ3v) is 1.85. The molecule has 0 aromatic heterocycles. The number of aliphatic hydroxyl groups is 1. The number of carbonyl (C=O) groups excluding carboxylic acids is 1. The van der Waals surface area contributed by atoms with Crippen molar-refractivity contribution in [2.24, 2.45) is 17.6 Å². The van der Waals surface area contributed by atoms with Crippen molar-refractivity contribution in [3.05, 3.63) is 0 Å². The Morgan fingerprint density at radius 2 is 1.87 bits per heavy atom. The van der Waals surface area contributed by atoms with Crippen molar-refractivity contribution in [2.75, 3.05) is 0 Å². The largest absolute Gasteiger partial charge is 0.460 e. The van der Waals surface area contributed by atoms with E-state index in [1.54, 1.807) is 20.8 Å². The Morgan fingerprint density at radius 1 is 1.40 bits per heavy atom. The topological polar surface area (TPSA) is 72.5 Å². The van der Waals surface area contributed by atoms with E-state index in [0.717, 1.165) is 0 Å². The molecule has 0 fully saturated rings. The molecule has 0 bridgehead atoms. The Hall–Kier alpha value is -0.610. The summed E-state index contributed by atoms with van der Waals surface area (Å²) in [5.74, 6) is -0.767. The van der Waals surface area contributed by atoms with E-state index in [2.05, 4.69) is 0 Å². The van der Waals surface area contributed by atoms with Gasteiger partial charge in [0.15, 0.2) is 0 Å². The monoisotopic (exact) mass is 217 g/mol. The first-order valence-corrected chi connectivity index (χ1v) is 5.30. The minimum absolute atomic E-state index is 0.292. The highest BCUT2D eigenvalue weighted by Gasteiger charge is 2.29. The average molecular weight is 217 g/mol. The van der Waals surface area contributed by atoms with Crippen LogP contribution in [0, 0.1) is 11.8 Å². The van der Waals surface area contributed by atoms with Crippen LogP contribution >= 0.6 is 0 Å². The third kappa shape index (κ3) is 6.47. The molecule has 0 saturated heterocycles. The van der Waals surface area contributed by atoms with Gasteiger partial charge in [0, 0.05) is 0 Å². The van der Waals surface area contributed by atoms with Crippen LogP contribution in [0.2, 0.25) is 0 Å². The molecule has 4 heteroatoms. The molecule has 0 spiro atoms. The molecule has 15 heavy (non-hydrogen) atoms. The van der Waals surface area contributed by atoms with Gasteiger partial charge < -0.3 is 15.6 Å². The predicted octanol–water partition coefficient (Wildman–Crippen LogP) is 1.27. The standard InChI is InChI=1S/C11H23NO3/c1-7(2)6-8(9(12)13)10(14)15-11(3,4)5/h7-9,13H,6,12H2,1-5H3/t8-,9?/m0/s1. The number of ether oxygens (including phenoxy) is 1. The molecule has 0 aromatic rings. The minimum atomic E-state index is -1.15. The Kier molecular flexibility index (Phi) is 5.24. The number of carbonyl (C=O) groups is 1. The highest BCUT2D eigenvalue weighted by Crippen LogP contribution is 2.18. The normalized spacial score (nSPS) is 16.3. The number of rotatable bonds is 4. The van der Waals surface area contributed by atoms with Gasteiger partial charge in [-0.05, 0) is 33.1 Å². The second kappa shape index (κ2) is 5.47. The van der Waals surface area contributed by atoms with Crippen LogP contribution in [-0.2, 0) is 9.53 Å². The summed E-state index contributed by atoms with van der Waals surface area (Å²) >= 11 is 0. The lowest BCUT2D eigenvalue weighted by molar-refractivity contribution is -0.164. The highest BCUT2D eigenvalue weighted by molar-refractivity contribution is 5.73. The molecular formula is C11H23NO3. The number of hydrogen-bond acceptors (Lipinski definition) is 4. The zero-order chi connectivity index (χ0) is 12.2. The van der Waals surface area contributed by atoms with Crippen LogP contribution < -0.4 is 5.73 Å². The molecule has 0 rings (SSSR count). The first-order chi connectivity index (χ1) is 6.63. The zero-order valence-corrected chi connectivity index (χ0v) is 10.3. The molecule has 0 aliphatic heterocycles. The van der Waals surface area contributed by atoms with E-state index in [9.17, 15) is 9.90 Å². The highest BCUT2D eigenvalue weighted by atomic mass is 16.6. The molecular weight excluding hydrogens is 194 g/mol. The van der Waals surface area contributed by atoms with E-state index < -0.39 is 23.7 Å². The van der Waals surface area contributed by atoms with E-state index in [4.69, 9.17) is 10.5 Å². The summed E-state index contributed by atoms with van der Waals surface area (Å²) in [5, 5.41) is 9.31. The van der Waals surface area contributed by atoms with Crippen LogP contribution in [0.3, 0.4) is 0 Å². The fourth-order valence-corrected chi connectivity index (χ4v) is 1.26. The van der Waals surface area contributed by atoms with E-state index >= 15 is 0 Å². The molecule has 3 N–H and O–H groups in total. The lowest BCUT2D eigenvalue weighted by Crippen LogP contribution is -2.40. The fraction of sp³-hybridized carbons (Fsp3) is 0.909. The molecule has 0 aliphatic rings. The number of esters is 1. The summed E-state index contributed by atoms with van der Waals surface area (Å²) in [5.41, 5.74) is 4.82. The molecule has 0 aromatic carbocycles. The Labute approximate surface area is 91.8 Å². The first-order valence-electron chi connectivity index (χ1n) is 5.30. The van der Waals surface area contributed by atoms with Crippen molar-refractivity contribution in [3.8, 4) is 0 Å². The zero-order valence-electron chi connectivity index (χ0n) is 10.3. The third-order valence-electron chi connectivity index (χ3n) is 1.85. The van der Waals surface area contributed by atoms with Crippen molar-refractivity contribution >= 4 is 5.97 Å². The van der Waals surface area contributed by atoms with Gasteiger partial charge in [0.05, 0.1) is 5.92 Å². The van der Waals surface area contributed by atoms with Gasteiger partial charge in [-0.25, -0.2) is 0 Å². The van der Waals surface area contributed by atoms with Crippen LogP contribution in [0.25, 0.3) is 0 Å². The van der Waals surface area contributed by atoms with Gasteiger partial charge in [-0.15, -0.1) is 0 Å². The van der Waals surface area contributed by atoms with E-state index in [1.165, 1.54) is 0 Å². The van der Waals surface area contributed by atoms with Crippen LogP contribution in [0.1, 0.15) is 41.0 Å². The summed E-state index contributed by atoms with van der Waals surface area (Å²) < 4.78 is 5.18. The summed E-state index contributed by atoms with van der Waals surface area (Å²) in [6, 6.07) is 0. The molecule has 0 radical (unpaired) electrons. The molecule has 90 valence electrons. The maximum atomic E-state index is 11.7. The lowest BCUT2D eigenvalue weighted by atomic mass is 9.95. The SMILES string of the molecule is CC(C)C[C@H](C(=O)OC(C)(C)C)C(N)O. The molecule has 2 atom stereocenters. The molecule has 0 saturated carbocycles. The summed E-state index contributed by atoms with van der Waals surface area (Å²) in [7, 11) is 0. The van der Waals surface area contributed by atoms with Crippen molar-refractivity contribution < 1.29 is 14.6 Å². The second-order valence-electron chi connectivity index (χ2n) is 5.26. The quantitative estimate of drug-likeness (QED) is 0.549. The van der Waals surface area contributed by atoms with Crippen LogP contribution in [0.4, 0.5) is 0 Å². The van der Waals surface area contributed by atoms with Crippen LogP contribution in [0.15, 0.2) is 0 Å². The van der Waals surface area contributed by atoms with E-state index in [-0.39, 0.29) is 0 Å². The van der Waals surface area contributed by atoms with Crippen molar-refractivity contribution in [2.45, 2.75) is 52.9 Å². The smallest absolute Gasteiger partial charge is 0.313 e. The van der Waals surface area contributed by atoms with Crippen molar-refractivity contribution in [3.63, 3.8) is 0 Å². The summed E-state index contributed by atoms with van der Waals surface area (Å²) in [6.07, 6.45) is -0.616. The second-order valence-corrected chi connectivity index (χ2v) is 5.26. The van der Waals surface area contributed by atoms with E-state index in [0.29, 0.717) is 12.3 Å². The fourth-order valence-electron chi connectivity index (χ4n) is 1.26. The summed E-state index contributed by atoms with van der Waals surface area (Å²) in [4.78, 5) is 11.7. The Balaban J connectivity index is 4.43. The maximum Gasteiger partial charge on any atom is 0.313 e. The lowest BCUT2D eigenvalue weighted by Gasteiger charge is -2.26. The van der Waals surface area contributed by atoms with Gasteiger partial charge in [0.2, 0.25) is 0 Å². The van der Waals surface area contributed by atoms with E-state index in [1.807, 2.05) is 13.8 Å². The van der Waals surface area contributed by atoms with Gasteiger partial charge in [-0.3, -0.25) is 4.79 Å². The van der Waals surface area contributed by atoms with Gasteiger partial charge in [0.25, 0.3) is 0 Å². The Bertz CT molecular complexity index is 206. The molecule has 0 amide bonds. The molecule has 0 heterocycles. The molecule has 1 unspecified atom stereocenters. The molecule has 0 aliphatic carbocycles. The maximum absolute atomic E-state index is 11.7. The molecule has 4 nitrogen and oxygen atoms in total. The Morgan fingerprint density at radius 3 is 2.13 bits per heavy atom. The first kappa shape index (κ1) is 14.4. The van der Waals surface area contributed by atoms with Gasteiger partial charge in [-0.1, -0.05) is 13.8 Å². The summed E-state index contributed by atoms with van der Waals surface area (Å²) in [6.45, 7) is 9.32. The van der Waals surface area contributed by atoms with Crippen LogP contribution in [-0.4, -0.2) is 22.9 Å². The van der Waals surface area contributed by atoms with Gasteiger partial charge >= 0.3 is 5.97 Å². The van der Waals surface area contributed by atoms with Crippen LogP contribution in [0.5, 0.6) is 0 Å². The van der Waals surface area contributed by atoms with Crippen molar-refractivity contribution in [1.29, 1.82) is 0 Å². The number of aliphatic hydroxyl groups excluding tert-OH is 1. The predicted molar refractivity (Wildman–Crippen MR) is 59.0 cm³/mol. The van der Waals surface area contributed by atoms with Crippen molar-refractivity contribution in [1.82, 2.24) is 0 Å². The number of hydrogen-bond donors (Lipinski definition) is 2. The number of nitrogens with two attached hydrogens (primary N) is 1. The van der Waals surface area contributed by atoms with Gasteiger partial charge in [-0.2, -0.15) is 0 Å².